The van der Waals surface area contributed by atoms with Crippen LogP contribution in [0.3, 0.4) is 0 Å². The first-order chi connectivity index (χ1) is 17.9. The van der Waals surface area contributed by atoms with Gasteiger partial charge in [-0.2, -0.15) is 5.26 Å². The monoisotopic (exact) mass is 519 g/mol. The van der Waals surface area contributed by atoms with Gasteiger partial charge < -0.3 is 20.9 Å². The molecule has 1 fully saturated rings. The molecule has 2 aromatic carbocycles. The maximum atomic E-state index is 14.1. The van der Waals surface area contributed by atoms with Gasteiger partial charge >= 0.3 is 0 Å². The van der Waals surface area contributed by atoms with Crippen molar-refractivity contribution >= 4 is 23.4 Å². The van der Waals surface area contributed by atoms with Crippen LogP contribution in [0, 0.1) is 22.6 Å². The number of anilines is 1. The number of rotatable bonds is 6. The van der Waals surface area contributed by atoms with Gasteiger partial charge in [0.05, 0.1) is 17.5 Å². The Balaban J connectivity index is 1.60. The number of likely N-dealkylation sites (N-methyl/N-ethyl adjacent to an activating group) is 1. The lowest BCUT2D eigenvalue weighted by Crippen LogP contribution is -2.55. The standard InChI is InChI=1S/C29H34FN5O3/c1-28(2,3)15-24(34(4)25(36)22(32)13-18-9-11-19(30)12-10-18)26(37)35-17-29(14-20(35)16-31)21-7-5-6-8-23(21)33-27(29)38/h5-12,20,22,24H,13-15,17,32H2,1-4H3,(H,33,38)/t20-,22-,24-,29-/m0/s1. The van der Waals surface area contributed by atoms with Gasteiger partial charge in [-0.05, 0) is 47.6 Å². The molecule has 38 heavy (non-hydrogen) atoms. The number of hydrogen-bond donors (Lipinski definition) is 2. The summed E-state index contributed by atoms with van der Waals surface area (Å²) in [6.07, 6.45) is 0.703. The Morgan fingerprint density at radius 1 is 1.24 bits per heavy atom. The van der Waals surface area contributed by atoms with Crippen LogP contribution in [0.15, 0.2) is 48.5 Å². The molecule has 2 aromatic rings. The number of para-hydroxylation sites is 1. The smallest absolute Gasteiger partial charge is 0.246 e. The minimum absolute atomic E-state index is 0.0528. The number of hydrogen-bond acceptors (Lipinski definition) is 5. The minimum Gasteiger partial charge on any atom is -0.332 e. The Kier molecular flexibility index (Phi) is 7.31. The molecule has 0 radical (unpaired) electrons. The molecule has 3 N–H and O–H groups in total. The Labute approximate surface area is 222 Å². The van der Waals surface area contributed by atoms with Gasteiger partial charge in [0.2, 0.25) is 17.7 Å². The molecule has 0 aliphatic carbocycles. The molecule has 4 atom stereocenters. The highest BCUT2D eigenvalue weighted by atomic mass is 19.1. The maximum Gasteiger partial charge on any atom is 0.246 e. The highest BCUT2D eigenvalue weighted by Crippen LogP contribution is 2.46. The molecule has 0 unspecified atom stereocenters. The van der Waals surface area contributed by atoms with Gasteiger partial charge in [0.1, 0.15) is 17.9 Å². The largest absolute Gasteiger partial charge is 0.332 e. The molecule has 200 valence electrons. The predicted molar refractivity (Wildman–Crippen MR) is 141 cm³/mol. The SMILES string of the molecule is CN(C(=O)[C@@H](N)Cc1ccc(F)cc1)[C@@H](CC(C)(C)C)C(=O)N1C[C@]2(C[C@H]1C#N)C(=O)Nc1ccccc12. The predicted octanol–water partition coefficient (Wildman–Crippen LogP) is 2.97. The zero-order chi connectivity index (χ0) is 27.8. The zero-order valence-electron chi connectivity index (χ0n) is 22.2. The number of likely N-dealkylation sites (tertiary alicyclic amines) is 1. The highest BCUT2D eigenvalue weighted by Gasteiger charge is 2.56. The first-order valence-corrected chi connectivity index (χ1v) is 12.7. The molecule has 0 bridgehead atoms. The van der Waals surface area contributed by atoms with Crippen LogP contribution in [0.4, 0.5) is 10.1 Å². The molecular formula is C29H34FN5O3. The van der Waals surface area contributed by atoms with Crippen LogP contribution in [0.1, 0.15) is 44.7 Å². The lowest BCUT2D eigenvalue weighted by molar-refractivity contribution is -0.146. The number of benzene rings is 2. The van der Waals surface area contributed by atoms with E-state index in [4.69, 9.17) is 5.73 Å². The van der Waals surface area contributed by atoms with E-state index >= 15 is 0 Å². The Morgan fingerprint density at radius 2 is 1.89 bits per heavy atom. The highest BCUT2D eigenvalue weighted by molar-refractivity contribution is 6.07. The van der Waals surface area contributed by atoms with E-state index in [0.717, 1.165) is 5.56 Å². The molecule has 1 saturated heterocycles. The van der Waals surface area contributed by atoms with E-state index in [0.29, 0.717) is 17.7 Å². The Morgan fingerprint density at radius 3 is 2.53 bits per heavy atom. The number of nitriles is 1. The van der Waals surface area contributed by atoms with Crippen LogP contribution in [0.5, 0.6) is 0 Å². The number of nitrogens with zero attached hydrogens (tertiary/aromatic N) is 3. The van der Waals surface area contributed by atoms with E-state index in [1.807, 2.05) is 45.0 Å². The van der Waals surface area contributed by atoms with E-state index < -0.39 is 29.4 Å². The van der Waals surface area contributed by atoms with E-state index in [1.54, 1.807) is 19.2 Å². The number of nitrogens with two attached hydrogens (primary N) is 1. The fourth-order valence-electron chi connectivity index (χ4n) is 5.52. The zero-order valence-corrected chi connectivity index (χ0v) is 22.2. The van der Waals surface area contributed by atoms with Gasteiger partial charge in [-0.3, -0.25) is 14.4 Å². The van der Waals surface area contributed by atoms with Gasteiger partial charge in [-0.1, -0.05) is 51.1 Å². The lowest BCUT2D eigenvalue weighted by Gasteiger charge is -2.36. The van der Waals surface area contributed by atoms with Crippen molar-refractivity contribution in [2.75, 3.05) is 18.9 Å². The molecule has 1 spiro atoms. The van der Waals surface area contributed by atoms with Gasteiger partial charge in [0, 0.05) is 25.7 Å². The van der Waals surface area contributed by atoms with Gasteiger partial charge in [0.25, 0.3) is 0 Å². The summed E-state index contributed by atoms with van der Waals surface area (Å²) in [7, 11) is 1.55. The summed E-state index contributed by atoms with van der Waals surface area (Å²) < 4.78 is 13.3. The number of amides is 3. The van der Waals surface area contributed by atoms with Crippen LogP contribution in [-0.2, 0) is 26.2 Å². The molecule has 3 amide bonds. The van der Waals surface area contributed by atoms with Crippen molar-refractivity contribution in [2.24, 2.45) is 11.1 Å². The first-order valence-electron chi connectivity index (χ1n) is 12.7. The van der Waals surface area contributed by atoms with E-state index in [-0.39, 0.29) is 42.4 Å². The summed E-state index contributed by atoms with van der Waals surface area (Å²) in [4.78, 5) is 43.4. The van der Waals surface area contributed by atoms with Crippen LogP contribution in [0.25, 0.3) is 0 Å². The molecule has 0 saturated carbocycles. The fourth-order valence-corrected chi connectivity index (χ4v) is 5.52. The van der Waals surface area contributed by atoms with Crippen LogP contribution in [0.2, 0.25) is 0 Å². The minimum atomic E-state index is -1.01. The fraction of sp³-hybridized carbons (Fsp3) is 0.448. The molecule has 9 heteroatoms. The summed E-state index contributed by atoms with van der Waals surface area (Å²) in [5, 5.41) is 12.9. The lowest BCUT2D eigenvalue weighted by atomic mass is 9.80. The second-order valence-electron chi connectivity index (χ2n) is 11.6. The number of carbonyl (C=O) groups is 3. The van der Waals surface area contributed by atoms with Crippen molar-refractivity contribution in [1.29, 1.82) is 5.26 Å². The van der Waals surface area contributed by atoms with Crippen molar-refractivity contribution < 1.29 is 18.8 Å². The third kappa shape index (κ3) is 5.14. The molecule has 8 nitrogen and oxygen atoms in total. The second-order valence-corrected chi connectivity index (χ2v) is 11.6. The summed E-state index contributed by atoms with van der Waals surface area (Å²) in [6.45, 7) is 5.96. The second kappa shape index (κ2) is 10.2. The van der Waals surface area contributed by atoms with Crippen molar-refractivity contribution in [2.45, 2.75) is 63.6 Å². The maximum absolute atomic E-state index is 14.1. The number of carbonyl (C=O) groups excluding carboxylic acids is 3. The van der Waals surface area contributed by atoms with E-state index in [2.05, 4.69) is 11.4 Å². The van der Waals surface area contributed by atoms with Gasteiger partial charge in [-0.15, -0.1) is 0 Å². The van der Waals surface area contributed by atoms with Crippen molar-refractivity contribution in [3.05, 3.63) is 65.5 Å². The van der Waals surface area contributed by atoms with Gasteiger partial charge in [0.15, 0.2) is 0 Å². The molecular weight excluding hydrogens is 485 g/mol. The average Bonchev–Trinajstić information content (AvgIpc) is 3.40. The van der Waals surface area contributed by atoms with Crippen molar-refractivity contribution in [3.63, 3.8) is 0 Å². The summed E-state index contributed by atoms with van der Waals surface area (Å²) in [5.41, 5.74) is 7.08. The van der Waals surface area contributed by atoms with Crippen molar-refractivity contribution in [3.8, 4) is 6.07 Å². The molecule has 4 rings (SSSR count). The molecule has 0 aromatic heterocycles. The number of halogens is 1. The third-order valence-corrected chi connectivity index (χ3v) is 7.51. The molecule has 2 aliphatic rings. The van der Waals surface area contributed by atoms with E-state index in [1.165, 1.54) is 21.9 Å². The van der Waals surface area contributed by atoms with Crippen LogP contribution in [-0.4, -0.2) is 59.2 Å². The Bertz CT molecular complexity index is 1280. The molecule has 2 heterocycles. The third-order valence-electron chi connectivity index (χ3n) is 7.51. The van der Waals surface area contributed by atoms with Crippen LogP contribution >= 0.6 is 0 Å². The quantitative estimate of drug-likeness (QED) is 0.608. The topological polar surface area (TPSA) is 120 Å². The number of nitrogens with one attached hydrogen (secondary N) is 1. The Hall–Kier alpha value is -3.77. The normalized spacial score (nSPS) is 22.0. The van der Waals surface area contributed by atoms with Crippen LogP contribution < -0.4 is 11.1 Å². The summed E-state index contributed by atoms with van der Waals surface area (Å²) >= 11 is 0. The summed E-state index contributed by atoms with van der Waals surface area (Å²) in [6, 6.07) is 12.7. The first kappa shape index (κ1) is 27.3. The summed E-state index contributed by atoms with van der Waals surface area (Å²) in [5.74, 6) is -1.42. The van der Waals surface area contributed by atoms with E-state index in [9.17, 15) is 24.0 Å². The number of fused-ring (bicyclic) bond motifs is 2. The molecule has 2 aliphatic heterocycles. The average molecular weight is 520 g/mol. The van der Waals surface area contributed by atoms with Crippen molar-refractivity contribution in [1.82, 2.24) is 9.80 Å². The van der Waals surface area contributed by atoms with Gasteiger partial charge in [-0.25, -0.2) is 4.39 Å².